The van der Waals surface area contributed by atoms with Crippen molar-refractivity contribution in [3.63, 3.8) is 0 Å². The van der Waals surface area contributed by atoms with Crippen molar-refractivity contribution in [1.82, 2.24) is 4.98 Å². The molecule has 0 unspecified atom stereocenters. The fourth-order valence-electron chi connectivity index (χ4n) is 1.57. The number of nitrogens with zero attached hydrogens (tertiary/aromatic N) is 2. The summed E-state index contributed by atoms with van der Waals surface area (Å²) in [5.41, 5.74) is 0.733. The summed E-state index contributed by atoms with van der Waals surface area (Å²) in [6.45, 7) is 1.73. The van der Waals surface area contributed by atoms with Gasteiger partial charge in [0, 0.05) is 18.5 Å². The highest BCUT2D eigenvalue weighted by Gasteiger charge is 2.19. The van der Waals surface area contributed by atoms with Crippen LogP contribution in [0.1, 0.15) is 18.5 Å². The van der Waals surface area contributed by atoms with Crippen molar-refractivity contribution < 1.29 is 10.2 Å². The third kappa shape index (κ3) is 2.05. The summed E-state index contributed by atoms with van der Waals surface area (Å²) in [7, 11) is 0. The first kappa shape index (κ1) is 9.89. The molecule has 0 saturated carbocycles. The second-order valence-electron chi connectivity index (χ2n) is 3.50. The third-order valence-electron chi connectivity index (χ3n) is 2.44. The molecule has 0 spiro atoms. The van der Waals surface area contributed by atoms with Gasteiger partial charge in [0.2, 0.25) is 0 Å². The van der Waals surface area contributed by atoms with E-state index in [0.29, 0.717) is 0 Å². The van der Waals surface area contributed by atoms with Gasteiger partial charge in [0.1, 0.15) is 0 Å². The molecule has 4 nitrogen and oxygen atoms in total. The van der Waals surface area contributed by atoms with Crippen LogP contribution in [0.4, 0.5) is 5.13 Å². The Labute approximate surface area is 86.8 Å². The zero-order valence-corrected chi connectivity index (χ0v) is 8.70. The van der Waals surface area contributed by atoms with Crippen molar-refractivity contribution in [2.45, 2.75) is 25.6 Å². The molecule has 0 radical (unpaired) electrons. The monoisotopic (exact) mass is 214 g/mol. The number of aliphatic hydroxyl groups is 2. The molecule has 1 aromatic rings. The van der Waals surface area contributed by atoms with E-state index in [1.165, 1.54) is 0 Å². The molecule has 0 aromatic carbocycles. The summed E-state index contributed by atoms with van der Waals surface area (Å²) in [5.74, 6) is 0. The average Bonchev–Trinajstić information content (AvgIpc) is 2.67. The van der Waals surface area contributed by atoms with E-state index in [1.807, 2.05) is 5.38 Å². The molecular weight excluding hydrogens is 200 g/mol. The summed E-state index contributed by atoms with van der Waals surface area (Å²) in [6, 6.07) is 0. The van der Waals surface area contributed by atoms with Crippen LogP contribution in [0.5, 0.6) is 0 Å². The molecule has 2 heterocycles. The SMILES string of the molecule is OCc1csc(N2CCC(O)CC2)n1. The predicted molar refractivity (Wildman–Crippen MR) is 55.5 cm³/mol. The van der Waals surface area contributed by atoms with E-state index in [2.05, 4.69) is 9.88 Å². The van der Waals surface area contributed by atoms with Crippen LogP contribution in [0.3, 0.4) is 0 Å². The minimum Gasteiger partial charge on any atom is -0.393 e. The van der Waals surface area contributed by atoms with E-state index in [1.54, 1.807) is 11.3 Å². The number of aliphatic hydroxyl groups excluding tert-OH is 2. The molecule has 1 fully saturated rings. The molecule has 1 aromatic heterocycles. The molecule has 0 atom stereocenters. The van der Waals surface area contributed by atoms with Gasteiger partial charge in [-0.05, 0) is 12.8 Å². The lowest BCUT2D eigenvalue weighted by Crippen LogP contribution is -2.35. The third-order valence-corrected chi connectivity index (χ3v) is 3.39. The molecule has 1 aliphatic rings. The highest BCUT2D eigenvalue weighted by Crippen LogP contribution is 2.23. The van der Waals surface area contributed by atoms with E-state index in [9.17, 15) is 5.11 Å². The second-order valence-corrected chi connectivity index (χ2v) is 4.33. The fourth-order valence-corrected chi connectivity index (χ4v) is 2.44. The molecule has 0 aliphatic carbocycles. The first-order chi connectivity index (χ1) is 6.79. The topological polar surface area (TPSA) is 56.6 Å². The molecular formula is C9H14N2O2S. The predicted octanol–water partition coefficient (Wildman–Crippen LogP) is 0.597. The Morgan fingerprint density at radius 2 is 2.21 bits per heavy atom. The lowest BCUT2D eigenvalue weighted by Gasteiger charge is -2.29. The first-order valence-electron chi connectivity index (χ1n) is 4.78. The van der Waals surface area contributed by atoms with Gasteiger partial charge in [-0.2, -0.15) is 0 Å². The van der Waals surface area contributed by atoms with Gasteiger partial charge < -0.3 is 15.1 Å². The maximum Gasteiger partial charge on any atom is 0.185 e. The summed E-state index contributed by atoms with van der Waals surface area (Å²) in [6.07, 6.45) is 1.48. The molecule has 2 rings (SSSR count). The summed E-state index contributed by atoms with van der Waals surface area (Å²) in [4.78, 5) is 6.45. The normalized spacial score (nSPS) is 18.9. The van der Waals surface area contributed by atoms with Crippen LogP contribution in [0.2, 0.25) is 0 Å². The van der Waals surface area contributed by atoms with E-state index < -0.39 is 0 Å². The van der Waals surface area contributed by atoms with Crippen molar-refractivity contribution in [2.75, 3.05) is 18.0 Å². The van der Waals surface area contributed by atoms with Gasteiger partial charge in [0.15, 0.2) is 5.13 Å². The van der Waals surface area contributed by atoms with Gasteiger partial charge in [-0.1, -0.05) is 0 Å². The summed E-state index contributed by atoms with van der Waals surface area (Å²) < 4.78 is 0. The number of hydrogen-bond acceptors (Lipinski definition) is 5. The number of hydrogen-bond donors (Lipinski definition) is 2. The molecule has 78 valence electrons. The Morgan fingerprint density at radius 3 is 2.79 bits per heavy atom. The fraction of sp³-hybridized carbons (Fsp3) is 0.667. The van der Waals surface area contributed by atoms with Gasteiger partial charge in [0.05, 0.1) is 18.4 Å². The molecule has 1 saturated heterocycles. The van der Waals surface area contributed by atoms with Crippen LogP contribution in [-0.2, 0) is 6.61 Å². The van der Waals surface area contributed by atoms with Crippen molar-refractivity contribution in [3.05, 3.63) is 11.1 Å². The number of thiazole rings is 1. The van der Waals surface area contributed by atoms with Crippen LogP contribution >= 0.6 is 11.3 Å². The Bertz CT molecular complexity index is 295. The minimum absolute atomic E-state index is 0.00691. The number of anilines is 1. The maximum absolute atomic E-state index is 9.34. The van der Waals surface area contributed by atoms with Gasteiger partial charge >= 0.3 is 0 Å². The zero-order valence-electron chi connectivity index (χ0n) is 7.89. The average molecular weight is 214 g/mol. The minimum atomic E-state index is -0.150. The number of piperidine rings is 1. The zero-order chi connectivity index (χ0) is 9.97. The van der Waals surface area contributed by atoms with Gasteiger partial charge in [-0.3, -0.25) is 0 Å². The van der Waals surface area contributed by atoms with Gasteiger partial charge in [-0.25, -0.2) is 4.98 Å². The highest BCUT2D eigenvalue weighted by atomic mass is 32.1. The first-order valence-corrected chi connectivity index (χ1v) is 5.66. The molecule has 0 amide bonds. The number of rotatable bonds is 2. The molecule has 14 heavy (non-hydrogen) atoms. The van der Waals surface area contributed by atoms with Crippen molar-refractivity contribution in [3.8, 4) is 0 Å². The Balaban J connectivity index is 2.01. The molecule has 0 bridgehead atoms. The van der Waals surface area contributed by atoms with Crippen molar-refractivity contribution in [2.24, 2.45) is 0 Å². The second kappa shape index (κ2) is 4.25. The standard InChI is InChI=1S/C9H14N2O2S/c12-5-7-6-14-9(10-7)11-3-1-8(13)2-4-11/h6,8,12-13H,1-5H2. The highest BCUT2D eigenvalue weighted by molar-refractivity contribution is 7.13. The lowest BCUT2D eigenvalue weighted by molar-refractivity contribution is 0.145. The van der Waals surface area contributed by atoms with Gasteiger partial charge in [0.25, 0.3) is 0 Å². The van der Waals surface area contributed by atoms with E-state index in [4.69, 9.17) is 5.11 Å². The largest absolute Gasteiger partial charge is 0.393 e. The van der Waals surface area contributed by atoms with Gasteiger partial charge in [-0.15, -0.1) is 11.3 Å². The summed E-state index contributed by atoms with van der Waals surface area (Å²) in [5, 5.41) is 21.1. The molecule has 1 aliphatic heterocycles. The smallest absolute Gasteiger partial charge is 0.185 e. The number of aromatic nitrogens is 1. The Kier molecular flexibility index (Phi) is 3.00. The lowest BCUT2D eigenvalue weighted by atomic mass is 10.1. The van der Waals surface area contributed by atoms with Crippen LogP contribution < -0.4 is 4.90 Å². The quantitative estimate of drug-likeness (QED) is 0.757. The van der Waals surface area contributed by atoms with Crippen LogP contribution in [-0.4, -0.2) is 34.4 Å². The van der Waals surface area contributed by atoms with E-state index in [0.717, 1.165) is 36.8 Å². The Morgan fingerprint density at radius 1 is 1.50 bits per heavy atom. The molecule has 5 heteroatoms. The van der Waals surface area contributed by atoms with Crippen LogP contribution in [0, 0.1) is 0 Å². The van der Waals surface area contributed by atoms with Crippen molar-refractivity contribution in [1.29, 1.82) is 0 Å². The van der Waals surface area contributed by atoms with E-state index in [-0.39, 0.29) is 12.7 Å². The summed E-state index contributed by atoms with van der Waals surface area (Å²) >= 11 is 1.56. The van der Waals surface area contributed by atoms with Crippen LogP contribution in [0.25, 0.3) is 0 Å². The molecule has 2 N–H and O–H groups in total. The Hall–Kier alpha value is -0.650. The van der Waals surface area contributed by atoms with E-state index >= 15 is 0 Å². The van der Waals surface area contributed by atoms with Crippen molar-refractivity contribution >= 4 is 16.5 Å². The maximum atomic E-state index is 9.34. The van der Waals surface area contributed by atoms with Crippen LogP contribution in [0.15, 0.2) is 5.38 Å².